The molecule has 0 aromatic heterocycles. The van der Waals surface area contributed by atoms with Crippen LogP contribution in [0.1, 0.15) is 46.5 Å². The van der Waals surface area contributed by atoms with Gasteiger partial charge >= 0.3 is 0 Å². The lowest BCUT2D eigenvalue weighted by atomic mass is 9.98. The summed E-state index contributed by atoms with van der Waals surface area (Å²) in [5.74, 6) is 1.54. The predicted octanol–water partition coefficient (Wildman–Crippen LogP) is 3.05. The lowest BCUT2D eigenvalue weighted by Gasteiger charge is -2.11. The van der Waals surface area contributed by atoms with Crippen molar-refractivity contribution in [3.63, 3.8) is 0 Å². The van der Waals surface area contributed by atoms with E-state index in [2.05, 4.69) is 20.8 Å². The molecule has 0 N–H and O–H groups in total. The summed E-state index contributed by atoms with van der Waals surface area (Å²) in [4.78, 5) is 9.97. The van der Waals surface area contributed by atoms with E-state index in [4.69, 9.17) is 4.74 Å². The maximum absolute atomic E-state index is 9.97. The van der Waals surface area contributed by atoms with Crippen LogP contribution in [0.4, 0.5) is 0 Å². The largest absolute Gasteiger partial charge is 0.374 e. The van der Waals surface area contributed by atoms with Gasteiger partial charge in [-0.25, -0.2) is 0 Å². The normalized spacial score (nSPS) is 13.1. The zero-order valence-electron chi connectivity index (χ0n) is 9.79. The molecule has 2 heteroatoms. The average Bonchev–Trinajstić information content (AvgIpc) is 2.12. The molecule has 84 valence electrons. The summed E-state index contributed by atoms with van der Waals surface area (Å²) in [5, 5.41) is 0. The van der Waals surface area contributed by atoms with Crippen LogP contribution in [-0.2, 0) is 9.53 Å². The van der Waals surface area contributed by atoms with E-state index in [0.29, 0.717) is 0 Å². The Morgan fingerprint density at radius 3 is 2.43 bits per heavy atom. The molecule has 0 heterocycles. The third-order valence-electron chi connectivity index (χ3n) is 2.42. The van der Waals surface area contributed by atoms with Crippen molar-refractivity contribution in [3.8, 4) is 0 Å². The minimum atomic E-state index is 0.249. The van der Waals surface area contributed by atoms with Gasteiger partial charge in [0.2, 0.25) is 0 Å². The molecular weight excluding hydrogens is 176 g/mol. The average molecular weight is 200 g/mol. The highest BCUT2D eigenvalue weighted by Gasteiger charge is 2.02. The lowest BCUT2D eigenvalue weighted by Crippen LogP contribution is -2.04. The first-order valence-electron chi connectivity index (χ1n) is 5.68. The third kappa shape index (κ3) is 9.72. The quantitative estimate of drug-likeness (QED) is 0.422. The van der Waals surface area contributed by atoms with Crippen molar-refractivity contribution in [3.05, 3.63) is 0 Å². The molecule has 0 aliphatic carbocycles. The van der Waals surface area contributed by atoms with E-state index in [1.54, 1.807) is 0 Å². The van der Waals surface area contributed by atoms with Crippen molar-refractivity contribution in [2.24, 2.45) is 11.8 Å². The molecule has 0 spiro atoms. The number of carbonyl (C=O) groups is 1. The summed E-state index contributed by atoms with van der Waals surface area (Å²) < 4.78 is 5.11. The van der Waals surface area contributed by atoms with Gasteiger partial charge in [-0.1, -0.05) is 40.0 Å². The first-order chi connectivity index (χ1) is 6.66. The van der Waals surface area contributed by atoms with E-state index < -0.39 is 0 Å². The number of aldehydes is 1. The Hall–Kier alpha value is -0.370. The van der Waals surface area contributed by atoms with Crippen LogP contribution in [0.25, 0.3) is 0 Å². The van der Waals surface area contributed by atoms with Crippen LogP contribution in [0, 0.1) is 11.8 Å². The molecule has 0 aliphatic heterocycles. The highest BCUT2D eigenvalue weighted by Crippen LogP contribution is 2.14. The van der Waals surface area contributed by atoms with Crippen LogP contribution in [0.3, 0.4) is 0 Å². The first kappa shape index (κ1) is 13.6. The topological polar surface area (TPSA) is 26.3 Å². The van der Waals surface area contributed by atoms with Gasteiger partial charge in [0, 0.05) is 6.61 Å². The van der Waals surface area contributed by atoms with Gasteiger partial charge < -0.3 is 9.53 Å². The monoisotopic (exact) mass is 200 g/mol. The fraction of sp³-hybridized carbons (Fsp3) is 0.917. The summed E-state index contributed by atoms with van der Waals surface area (Å²) in [6, 6.07) is 0. The Labute approximate surface area is 88.0 Å². The minimum Gasteiger partial charge on any atom is -0.374 e. The second-order valence-corrected chi connectivity index (χ2v) is 4.46. The Bertz CT molecular complexity index is 132. The summed E-state index contributed by atoms with van der Waals surface area (Å²) in [5.41, 5.74) is 0. The molecule has 0 amide bonds. The Morgan fingerprint density at radius 1 is 1.14 bits per heavy atom. The highest BCUT2D eigenvalue weighted by atomic mass is 16.5. The van der Waals surface area contributed by atoms with E-state index in [0.717, 1.165) is 31.1 Å². The molecule has 0 aromatic rings. The number of hydrogen-bond acceptors (Lipinski definition) is 2. The molecule has 1 atom stereocenters. The number of hydrogen-bond donors (Lipinski definition) is 0. The molecule has 0 unspecified atom stereocenters. The summed E-state index contributed by atoms with van der Waals surface area (Å²) in [7, 11) is 0. The lowest BCUT2D eigenvalue weighted by molar-refractivity contribution is -0.111. The number of rotatable bonds is 9. The molecule has 0 saturated carbocycles. The Morgan fingerprint density at radius 2 is 1.86 bits per heavy atom. The molecule has 0 bridgehead atoms. The van der Waals surface area contributed by atoms with E-state index in [1.165, 1.54) is 19.3 Å². The van der Waals surface area contributed by atoms with Gasteiger partial charge in [0.05, 0.1) is 0 Å². The second kappa shape index (κ2) is 9.20. The van der Waals surface area contributed by atoms with Gasteiger partial charge in [-0.05, 0) is 18.3 Å². The standard InChI is InChI=1S/C12H24O2/c1-11(2)5-4-6-12(3)7-9-14-10-8-13/h8,11-12H,4-7,9-10H2,1-3H3/t12-/m1/s1. The van der Waals surface area contributed by atoms with Crippen molar-refractivity contribution in [2.75, 3.05) is 13.2 Å². The van der Waals surface area contributed by atoms with Gasteiger partial charge in [-0.2, -0.15) is 0 Å². The fourth-order valence-corrected chi connectivity index (χ4v) is 1.43. The number of carbonyl (C=O) groups excluding carboxylic acids is 1. The molecule has 0 radical (unpaired) electrons. The number of ether oxygens (including phenoxy) is 1. The molecule has 0 fully saturated rings. The highest BCUT2D eigenvalue weighted by molar-refractivity contribution is 5.50. The SMILES string of the molecule is CC(C)CCC[C@@H](C)CCOCC=O. The fourth-order valence-electron chi connectivity index (χ4n) is 1.43. The summed E-state index contributed by atoms with van der Waals surface area (Å²) in [6.45, 7) is 7.75. The van der Waals surface area contributed by atoms with Crippen molar-refractivity contribution in [1.82, 2.24) is 0 Å². The molecule has 0 aliphatic rings. The second-order valence-electron chi connectivity index (χ2n) is 4.46. The van der Waals surface area contributed by atoms with Crippen LogP contribution in [-0.4, -0.2) is 19.5 Å². The van der Waals surface area contributed by atoms with Gasteiger partial charge in [0.25, 0.3) is 0 Å². The predicted molar refractivity (Wildman–Crippen MR) is 59.4 cm³/mol. The van der Waals surface area contributed by atoms with Gasteiger partial charge in [-0.3, -0.25) is 0 Å². The van der Waals surface area contributed by atoms with Gasteiger partial charge in [-0.15, -0.1) is 0 Å². The van der Waals surface area contributed by atoms with Gasteiger partial charge in [0.15, 0.2) is 0 Å². The van der Waals surface area contributed by atoms with Crippen LogP contribution >= 0.6 is 0 Å². The smallest absolute Gasteiger partial charge is 0.145 e. The van der Waals surface area contributed by atoms with Crippen LogP contribution in [0.5, 0.6) is 0 Å². The van der Waals surface area contributed by atoms with Crippen molar-refractivity contribution < 1.29 is 9.53 Å². The van der Waals surface area contributed by atoms with Gasteiger partial charge in [0.1, 0.15) is 12.9 Å². The van der Waals surface area contributed by atoms with E-state index >= 15 is 0 Å². The third-order valence-corrected chi connectivity index (χ3v) is 2.42. The van der Waals surface area contributed by atoms with E-state index in [1.807, 2.05) is 0 Å². The molecule has 0 saturated heterocycles. The Kier molecular flexibility index (Phi) is 8.95. The van der Waals surface area contributed by atoms with Crippen molar-refractivity contribution in [2.45, 2.75) is 46.5 Å². The van der Waals surface area contributed by atoms with Crippen molar-refractivity contribution >= 4 is 6.29 Å². The first-order valence-corrected chi connectivity index (χ1v) is 5.68. The zero-order valence-corrected chi connectivity index (χ0v) is 9.79. The Balaban J connectivity index is 3.19. The zero-order chi connectivity index (χ0) is 10.8. The maximum Gasteiger partial charge on any atom is 0.145 e. The summed E-state index contributed by atoms with van der Waals surface area (Å²) >= 11 is 0. The molecule has 0 aromatic carbocycles. The van der Waals surface area contributed by atoms with Crippen LogP contribution in [0.15, 0.2) is 0 Å². The molecule has 0 rings (SSSR count). The molecular formula is C12H24O2. The maximum atomic E-state index is 9.97. The van der Waals surface area contributed by atoms with Crippen molar-refractivity contribution in [1.29, 1.82) is 0 Å². The van der Waals surface area contributed by atoms with E-state index in [9.17, 15) is 4.79 Å². The molecule has 2 nitrogen and oxygen atoms in total. The minimum absolute atomic E-state index is 0.249. The molecule has 14 heavy (non-hydrogen) atoms. The summed E-state index contributed by atoms with van der Waals surface area (Å²) in [6.07, 6.45) is 5.80. The van der Waals surface area contributed by atoms with Crippen LogP contribution < -0.4 is 0 Å². The van der Waals surface area contributed by atoms with E-state index in [-0.39, 0.29) is 6.61 Å². The van der Waals surface area contributed by atoms with Crippen LogP contribution in [0.2, 0.25) is 0 Å².